The molecule has 2 rings (SSSR count). The molecule has 7 nitrogen and oxygen atoms in total. The predicted molar refractivity (Wildman–Crippen MR) is 69.7 cm³/mol. The number of nitrogens with zero attached hydrogens (tertiary/aromatic N) is 2. The van der Waals surface area contributed by atoms with Gasteiger partial charge in [0.25, 0.3) is 11.6 Å². The first-order chi connectivity index (χ1) is 9.02. The van der Waals surface area contributed by atoms with E-state index in [1.807, 2.05) is 0 Å². The number of aromatic nitrogens is 1. The first-order valence-corrected chi connectivity index (χ1v) is 6.36. The molecule has 1 aromatic rings. The van der Waals surface area contributed by atoms with Gasteiger partial charge in [0.05, 0.1) is 11.1 Å². The molecule has 1 aromatic heterocycles. The number of hydrogen-bond donors (Lipinski definition) is 2. The lowest BCUT2D eigenvalue weighted by atomic mass is 9.92. The van der Waals surface area contributed by atoms with E-state index in [9.17, 15) is 14.9 Å². The molecule has 0 saturated carbocycles. The molecule has 2 atom stereocenters. The van der Waals surface area contributed by atoms with Gasteiger partial charge in [0.2, 0.25) is 0 Å². The van der Waals surface area contributed by atoms with Crippen molar-refractivity contribution < 1.29 is 9.72 Å². The number of nitrogens with two attached hydrogens (primary N) is 1. The van der Waals surface area contributed by atoms with Crippen molar-refractivity contribution in [1.82, 2.24) is 9.88 Å². The van der Waals surface area contributed by atoms with Crippen LogP contribution in [-0.4, -0.2) is 39.8 Å². The van der Waals surface area contributed by atoms with E-state index in [4.69, 9.17) is 5.73 Å². The molecule has 0 spiro atoms. The summed E-state index contributed by atoms with van der Waals surface area (Å²) in [4.78, 5) is 26.8. The number of hydrogen-bond acceptors (Lipinski definition) is 4. The zero-order valence-electron chi connectivity index (χ0n) is 10.8. The molecule has 1 aliphatic heterocycles. The number of H-pyrrole nitrogens is 1. The van der Waals surface area contributed by atoms with Gasteiger partial charge in [-0.05, 0) is 18.8 Å². The third-order valence-electron chi connectivity index (χ3n) is 3.62. The van der Waals surface area contributed by atoms with Crippen molar-refractivity contribution in [2.75, 3.05) is 13.1 Å². The van der Waals surface area contributed by atoms with Crippen LogP contribution >= 0.6 is 0 Å². The number of aromatic amines is 1. The Morgan fingerprint density at radius 1 is 1.68 bits per heavy atom. The normalized spacial score (nSPS) is 23.4. The molecule has 7 heteroatoms. The van der Waals surface area contributed by atoms with Crippen LogP contribution in [0.2, 0.25) is 0 Å². The van der Waals surface area contributed by atoms with E-state index >= 15 is 0 Å². The molecule has 1 saturated heterocycles. The van der Waals surface area contributed by atoms with E-state index in [0.717, 1.165) is 12.8 Å². The summed E-state index contributed by atoms with van der Waals surface area (Å²) >= 11 is 0. The van der Waals surface area contributed by atoms with Crippen LogP contribution in [0.4, 0.5) is 5.69 Å². The summed E-state index contributed by atoms with van der Waals surface area (Å²) in [6.45, 7) is 3.21. The number of nitrogens with one attached hydrogen (secondary N) is 1. The molecule has 2 heterocycles. The average molecular weight is 266 g/mol. The standard InChI is InChI=1S/C12H18N4O3/c1-8-2-3-15(9(4-8)6-13)12(17)11-5-10(7-14-11)16(18)19/h5,7-9,14H,2-4,6,13H2,1H3. The second-order valence-electron chi connectivity index (χ2n) is 5.05. The molecule has 0 aromatic carbocycles. The van der Waals surface area contributed by atoms with Gasteiger partial charge in [0.15, 0.2) is 0 Å². The highest BCUT2D eigenvalue weighted by Crippen LogP contribution is 2.24. The Hall–Kier alpha value is -1.89. The fourth-order valence-electron chi connectivity index (χ4n) is 2.51. The third-order valence-corrected chi connectivity index (χ3v) is 3.62. The minimum atomic E-state index is -0.522. The van der Waals surface area contributed by atoms with E-state index in [1.54, 1.807) is 4.90 Å². The van der Waals surface area contributed by atoms with Crippen molar-refractivity contribution in [2.45, 2.75) is 25.8 Å². The summed E-state index contributed by atoms with van der Waals surface area (Å²) in [7, 11) is 0. The molecule has 1 amide bonds. The summed E-state index contributed by atoms with van der Waals surface area (Å²) in [5.41, 5.74) is 5.86. The van der Waals surface area contributed by atoms with Gasteiger partial charge in [0.1, 0.15) is 5.69 Å². The van der Waals surface area contributed by atoms with Gasteiger partial charge in [-0.25, -0.2) is 0 Å². The Balaban J connectivity index is 2.15. The van der Waals surface area contributed by atoms with E-state index < -0.39 is 4.92 Å². The van der Waals surface area contributed by atoms with Gasteiger partial charge in [-0.3, -0.25) is 14.9 Å². The molecule has 0 bridgehead atoms. The van der Waals surface area contributed by atoms with E-state index in [-0.39, 0.29) is 23.3 Å². The molecule has 1 aliphatic rings. The Bertz CT molecular complexity index is 485. The zero-order chi connectivity index (χ0) is 14.0. The highest BCUT2D eigenvalue weighted by Gasteiger charge is 2.30. The smallest absolute Gasteiger partial charge is 0.287 e. The Kier molecular flexibility index (Phi) is 3.84. The van der Waals surface area contributed by atoms with Gasteiger partial charge >= 0.3 is 0 Å². The van der Waals surface area contributed by atoms with E-state index in [2.05, 4.69) is 11.9 Å². The largest absolute Gasteiger partial charge is 0.351 e. The molecule has 3 N–H and O–H groups in total. The summed E-state index contributed by atoms with van der Waals surface area (Å²) < 4.78 is 0. The van der Waals surface area contributed by atoms with Crippen LogP contribution in [0, 0.1) is 16.0 Å². The van der Waals surface area contributed by atoms with Crippen LogP contribution in [0.5, 0.6) is 0 Å². The topological polar surface area (TPSA) is 105 Å². The first-order valence-electron chi connectivity index (χ1n) is 6.36. The average Bonchev–Trinajstić information content (AvgIpc) is 2.87. The molecular formula is C12H18N4O3. The molecule has 104 valence electrons. The second-order valence-corrected chi connectivity index (χ2v) is 5.05. The number of likely N-dealkylation sites (tertiary alicyclic amines) is 1. The highest BCUT2D eigenvalue weighted by atomic mass is 16.6. The maximum atomic E-state index is 12.3. The number of carbonyl (C=O) groups excluding carboxylic acids is 1. The number of rotatable bonds is 3. The summed E-state index contributed by atoms with van der Waals surface area (Å²) in [5, 5.41) is 10.6. The van der Waals surface area contributed by atoms with Gasteiger partial charge in [-0.15, -0.1) is 0 Å². The molecule has 1 fully saturated rings. The maximum absolute atomic E-state index is 12.3. The quantitative estimate of drug-likeness (QED) is 0.631. The number of amides is 1. The lowest BCUT2D eigenvalue weighted by molar-refractivity contribution is -0.384. The molecular weight excluding hydrogens is 248 g/mol. The Morgan fingerprint density at radius 2 is 2.42 bits per heavy atom. The van der Waals surface area contributed by atoms with Gasteiger partial charge in [-0.2, -0.15) is 0 Å². The summed E-state index contributed by atoms with van der Waals surface area (Å²) in [6, 6.07) is 1.28. The van der Waals surface area contributed by atoms with Gasteiger partial charge in [-0.1, -0.05) is 6.92 Å². The van der Waals surface area contributed by atoms with Crippen LogP contribution < -0.4 is 5.73 Å². The number of carbonyl (C=O) groups is 1. The van der Waals surface area contributed by atoms with Gasteiger partial charge < -0.3 is 15.6 Å². The monoisotopic (exact) mass is 266 g/mol. The van der Waals surface area contributed by atoms with Crippen LogP contribution in [0.1, 0.15) is 30.3 Å². The molecule has 0 aliphatic carbocycles. The van der Waals surface area contributed by atoms with Crippen molar-refractivity contribution in [3.05, 3.63) is 28.1 Å². The van der Waals surface area contributed by atoms with E-state index in [1.165, 1.54) is 12.3 Å². The van der Waals surface area contributed by atoms with Crippen molar-refractivity contribution in [3.8, 4) is 0 Å². The van der Waals surface area contributed by atoms with E-state index in [0.29, 0.717) is 19.0 Å². The van der Waals surface area contributed by atoms with Crippen LogP contribution in [0.15, 0.2) is 12.3 Å². The maximum Gasteiger partial charge on any atom is 0.287 e. The van der Waals surface area contributed by atoms with Crippen molar-refractivity contribution in [3.63, 3.8) is 0 Å². The summed E-state index contributed by atoms with van der Waals surface area (Å²) in [5.74, 6) is 0.339. The van der Waals surface area contributed by atoms with Crippen LogP contribution in [-0.2, 0) is 0 Å². The summed E-state index contributed by atoms with van der Waals surface area (Å²) in [6.07, 6.45) is 3.05. The minimum Gasteiger partial charge on any atom is -0.351 e. The number of nitro groups is 1. The third kappa shape index (κ3) is 2.76. The van der Waals surface area contributed by atoms with Crippen molar-refractivity contribution >= 4 is 11.6 Å². The Labute approximate surface area is 110 Å². The number of piperidine rings is 1. The van der Waals surface area contributed by atoms with Crippen LogP contribution in [0.25, 0.3) is 0 Å². The molecule has 19 heavy (non-hydrogen) atoms. The van der Waals surface area contributed by atoms with Crippen molar-refractivity contribution in [2.24, 2.45) is 11.7 Å². The second kappa shape index (κ2) is 5.40. The predicted octanol–water partition coefficient (Wildman–Crippen LogP) is 1.12. The van der Waals surface area contributed by atoms with Crippen LogP contribution in [0.3, 0.4) is 0 Å². The zero-order valence-corrected chi connectivity index (χ0v) is 10.8. The minimum absolute atomic E-state index is 0.0126. The SMILES string of the molecule is CC1CCN(C(=O)c2cc([N+](=O)[O-])c[nH]2)C(CN)C1. The first kappa shape index (κ1) is 13.5. The van der Waals surface area contributed by atoms with Crippen molar-refractivity contribution in [1.29, 1.82) is 0 Å². The van der Waals surface area contributed by atoms with Gasteiger partial charge in [0, 0.05) is 25.2 Å². The fourth-order valence-corrected chi connectivity index (χ4v) is 2.51. The fraction of sp³-hybridized carbons (Fsp3) is 0.583. The lowest BCUT2D eigenvalue weighted by Gasteiger charge is -2.37. The molecule has 0 radical (unpaired) electrons. The highest BCUT2D eigenvalue weighted by molar-refractivity contribution is 5.93. The molecule has 2 unspecified atom stereocenters. The lowest BCUT2D eigenvalue weighted by Crippen LogP contribution is -2.49. The Morgan fingerprint density at radius 3 is 3.00 bits per heavy atom.